The lowest BCUT2D eigenvalue weighted by molar-refractivity contribution is 0.364. The Hall–Kier alpha value is -2.20. The van der Waals surface area contributed by atoms with Gasteiger partial charge in [-0.05, 0) is 48.9 Å². The number of hydrogen-bond acceptors (Lipinski definition) is 4. The number of rotatable bonds is 5. The SMILES string of the molecule is CSCC1(c2onc(-c3ccc(O)cc3)c2-c2ccccc2)CC1. The molecule has 0 bridgehead atoms. The Morgan fingerprint density at radius 2 is 1.75 bits per heavy atom. The largest absolute Gasteiger partial charge is 0.508 e. The Labute approximate surface area is 145 Å². The molecule has 0 saturated heterocycles. The lowest BCUT2D eigenvalue weighted by atomic mass is 9.93. The summed E-state index contributed by atoms with van der Waals surface area (Å²) >= 11 is 1.86. The van der Waals surface area contributed by atoms with Gasteiger partial charge in [-0.15, -0.1) is 0 Å². The van der Waals surface area contributed by atoms with E-state index in [1.807, 2.05) is 42.1 Å². The molecule has 1 N–H and O–H groups in total. The number of phenolic OH excluding ortho intramolecular Hbond substituents is 1. The van der Waals surface area contributed by atoms with Crippen LogP contribution in [-0.2, 0) is 5.41 Å². The van der Waals surface area contributed by atoms with Crippen LogP contribution < -0.4 is 0 Å². The Bertz CT molecular complexity index is 836. The van der Waals surface area contributed by atoms with E-state index in [9.17, 15) is 5.11 Å². The maximum atomic E-state index is 9.56. The first-order valence-corrected chi connectivity index (χ1v) is 9.47. The van der Waals surface area contributed by atoms with E-state index in [4.69, 9.17) is 4.52 Å². The second-order valence-corrected chi connectivity index (χ2v) is 7.23. The molecule has 1 aromatic heterocycles. The number of aromatic nitrogens is 1. The lowest BCUT2D eigenvalue weighted by Crippen LogP contribution is -2.10. The molecule has 4 rings (SSSR count). The minimum atomic E-state index is 0.118. The van der Waals surface area contributed by atoms with E-state index >= 15 is 0 Å². The molecule has 3 nitrogen and oxygen atoms in total. The zero-order valence-electron chi connectivity index (χ0n) is 13.5. The van der Waals surface area contributed by atoms with Crippen molar-refractivity contribution in [1.29, 1.82) is 0 Å². The molecule has 2 aromatic carbocycles. The van der Waals surface area contributed by atoms with Crippen molar-refractivity contribution >= 4 is 11.8 Å². The summed E-state index contributed by atoms with van der Waals surface area (Å²) in [5.41, 5.74) is 4.15. The minimum absolute atomic E-state index is 0.118. The average molecular weight is 337 g/mol. The van der Waals surface area contributed by atoms with E-state index in [2.05, 4.69) is 23.5 Å². The summed E-state index contributed by atoms with van der Waals surface area (Å²) in [4.78, 5) is 0. The molecule has 1 fully saturated rings. The van der Waals surface area contributed by atoms with E-state index in [-0.39, 0.29) is 11.2 Å². The van der Waals surface area contributed by atoms with Gasteiger partial charge in [0.25, 0.3) is 0 Å². The molecule has 0 aliphatic heterocycles. The second kappa shape index (κ2) is 6.02. The topological polar surface area (TPSA) is 46.3 Å². The van der Waals surface area contributed by atoms with E-state index in [0.29, 0.717) is 0 Å². The Kier molecular flexibility index (Phi) is 3.85. The predicted molar refractivity (Wildman–Crippen MR) is 98.3 cm³/mol. The van der Waals surface area contributed by atoms with Crippen LogP contribution in [0.1, 0.15) is 18.6 Å². The fraction of sp³-hybridized carbons (Fsp3) is 0.250. The third-order valence-electron chi connectivity index (χ3n) is 4.65. The maximum Gasteiger partial charge on any atom is 0.152 e. The van der Waals surface area contributed by atoms with Crippen LogP contribution in [0, 0.1) is 0 Å². The van der Waals surface area contributed by atoms with Gasteiger partial charge in [0.15, 0.2) is 5.76 Å². The van der Waals surface area contributed by atoms with Crippen molar-refractivity contribution in [1.82, 2.24) is 5.16 Å². The van der Waals surface area contributed by atoms with Crippen LogP contribution in [0.3, 0.4) is 0 Å². The summed E-state index contributed by atoms with van der Waals surface area (Å²) in [7, 11) is 0. The highest BCUT2D eigenvalue weighted by Crippen LogP contribution is 2.54. The fourth-order valence-corrected chi connectivity index (χ4v) is 4.18. The third kappa shape index (κ3) is 2.61. The number of thioether (sulfide) groups is 1. The van der Waals surface area contributed by atoms with Crippen LogP contribution in [-0.4, -0.2) is 22.3 Å². The third-order valence-corrected chi connectivity index (χ3v) is 5.49. The van der Waals surface area contributed by atoms with Gasteiger partial charge in [-0.2, -0.15) is 11.8 Å². The number of nitrogens with zero attached hydrogens (tertiary/aromatic N) is 1. The van der Waals surface area contributed by atoms with Crippen LogP contribution >= 0.6 is 11.8 Å². The summed E-state index contributed by atoms with van der Waals surface area (Å²) in [6.07, 6.45) is 4.44. The quantitative estimate of drug-likeness (QED) is 0.703. The van der Waals surface area contributed by atoms with E-state index in [1.165, 1.54) is 0 Å². The van der Waals surface area contributed by atoms with Crippen molar-refractivity contribution in [3.63, 3.8) is 0 Å². The Morgan fingerprint density at radius 1 is 1.04 bits per heavy atom. The second-order valence-electron chi connectivity index (χ2n) is 6.36. The predicted octanol–water partition coefficient (Wildman–Crippen LogP) is 5.11. The first kappa shape index (κ1) is 15.3. The highest BCUT2D eigenvalue weighted by molar-refractivity contribution is 7.98. The first-order chi connectivity index (χ1) is 11.7. The van der Waals surface area contributed by atoms with Gasteiger partial charge in [0.1, 0.15) is 11.4 Å². The van der Waals surface area contributed by atoms with Crippen LogP contribution in [0.2, 0.25) is 0 Å². The van der Waals surface area contributed by atoms with Gasteiger partial charge in [-0.3, -0.25) is 0 Å². The maximum absolute atomic E-state index is 9.56. The molecular formula is C20H19NO2S. The standard InChI is InChI=1S/C20H19NO2S/c1-24-13-20(11-12-20)19-17(14-5-3-2-4-6-14)18(21-23-19)15-7-9-16(22)10-8-15/h2-10,22H,11-13H2,1H3. The summed E-state index contributed by atoms with van der Waals surface area (Å²) in [6.45, 7) is 0. The molecule has 3 aromatic rings. The molecule has 4 heteroatoms. The minimum Gasteiger partial charge on any atom is -0.508 e. The number of aromatic hydroxyl groups is 1. The normalized spacial score (nSPS) is 15.4. The molecule has 0 atom stereocenters. The molecule has 122 valence electrons. The van der Waals surface area contributed by atoms with Crippen LogP contribution in [0.5, 0.6) is 5.75 Å². The fourth-order valence-electron chi connectivity index (χ4n) is 3.21. The van der Waals surface area contributed by atoms with E-state index in [1.54, 1.807) is 12.1 Å². The van der Waals surface area contributed by atoms with Gasteiger partial charge >= 0.3 is 0 Å². The number of hydrogen-bond donors (Lipinski definition) is 1. The zero-order chi connectivity index (χ0) is 16.6. The van der Waals surface area contributed by atoms with Gasteiger partial charge in [0, 0.05) is 16.7 Å². The molecule has 0 spiro atoms. The average Bonchev–Trinajstić information content (AvgIpc) is 3.25. The molecule has 0 unspecified atom stereocenters. The molecule has 24 heavy (non-hydrogen) atoms. The van der Waals surface area contributed by atoms with Crippen molar-refractivity contribution in [2.45, 2.75) is 18.3 Å². The van der Waals surface area contributed by atoms with E-state index < -0.39 is 0 Å². The van der Waals surface area contributed by atoms with Gasteiger partial charge in [0.05, 0.1) is 5.56 Å². The van der Waals surface area contributed by atoms with Crippen molar-refractivity contribution < 1.29 is 9.63 Å². The van der Waals surface area contributed by atoms with Gasteiger partial charge < -0.3 is 9.63 Å². The molecule has 0 amide bonds. The van der Waals surface area contributed by atoms with Crippen molar-refractivity contribution in [2.24, 2.45) is 0 Å². The molecule has 1 aliphatic carbocycles. The van der Waals surface area contributed by atoms with Gasteiger partial charge in [0.2, 0.25) is 0 Å². The zero-order valence-corrected chi connectivity index (χ0v) is 14.3. The van der Waals surface area contributed by atoms with Gasteiger partial charge in [-0.25, -0.2) is 0 Å². The van der Waals surface area contributed by atoms with E-state index in [0.717, 1.165) is 46.7 Å². The number of benzene rings is 2. The van der Waals surface area contributed by atoms with Crippen molar-refractivity contribution in [3.8, 4) is 28.1 Å². The molecule has 1 saturated carbocycles. The summed E-state index contributed by atoms with van der Waals surface area (Å²) < 4.78 is 5.89. The molecule has 1 heterocycles. The molecular weight excluding hydrogens is 318 g/mol. The highest BCUT2D eigenvalue weighted by Gasteiger charge is 2.49. The van der Waals surface area contributed by atoms with Crippen LogP contribution in [0.15, 0.2) is 59.1 Å². The monoisotopic (exact) mass is 337 g/mol. The Morgan fingerprint density at radius 3 is 2.38 bits per heavy atom. The number of phenols is 1. The van der Waals surface area contributed by atoms with Crippen molar-refractivity contribution in [2.75, 3.05) is 12.0 Å². The lowest BCUT2D eigenvalue weighted by Gasteiger charge is -2.13. The first-order valence-electron chi connectivity index (χ1n) is 8.07. The van der Waals surface area contributed by atoms with Crippen LogP contribution in [0.25, 0.3) is 22.4 Å². The molecule has 1 aliphatic rings. The van der Waals surface area contributed by atoms with Gasteiger partial charge in [-0.1, -0.05) is 35.5 Å². The summed E-state index contributed by atoms with van der Waals surface area (Å²) in [6, 6.07) is 17.5. The smallest absolute Gasteiger partial charge is 0.152 e. The van der Waals surface area contributed by atoms with Crippen LogP contribution in [0.4, 0.5) is 0 Å². The summed E-state index contributed by atoms with van der Waals surface area (Å²) in [5.74, 6) is 2.31. The molecule has 0 radical (unpaired) electrons. The van der Waals surface area contributed by atoms with Crippen molar-refractivity contribution in [3.05, 3.63) is 60.4 Å². The highest BCUT2D eigenvalue weighted by atomic mass is 32.2. The Balaban J connectivity index is 1.89. The summed E-state index contributed by atoms with van der Waals surface area (Å²) in [5, 5.41) is 14.0.